The molecule has 2 rings (SSSR count). The molecule has 4 heteroatoms. The summed E-state index contributed by atoms with van der Waals surface area (Å²) in [4.78, 5) is 0. The van der Waals surface area contributed by atoms with Gasteiger partial charge in [-0.3, -0.25) is 4.68 Å². The third kappa shape index (κ3) is 2.06. The molecule has 0 bridgehead atoms. The number of aromatic nitrogens is 2. The van der Waals surface area contributed by atoms with E-state index in [1.165, 1.54) is 0 Å². The summed E-state index contributed by atoms with van der Waals surface area (Å²) < 4.78 is 7.33. The zero-order chi connectivity index (χ0) is 13.3. The molecule has 1 aromatic heterocycles. The first-order chi connectivity index (χ1) is 8.45. The smallest absolute Gasteiger partial charge is 0.128 e. The molecule has 0 saturated carbocycles. The largest absolute Gasteiger partial charge is 0.496 e. The molecule has 1 heterocycles. The van der Waals surface area contributed by atoms with Crippen molar-refractivity contribution in [1.29, 1.82) is 0 Å². The van der Waals surface area contributed by atoms with Crippen molar-refractivity contribution in [1.82, 2.24) is 9.78 Å². The molecule has 4 nitrogen and oxygen atoms in total. The van der Waals surface area contributed by atoms with Crippen molar-refractivity contribution in [3.8, 4) is 17.0 Å². The lowest BCUT2D eigenvalue weighted by atomic mass is 10.1. The van der Waals surface area contributed by atoms with Crippen LogP contribution in [0.15, 0.2) is 30.5 Å². The average molecular weight is 245 g/mol. The second kappa shape index (κ2) is 4.37. The second-order valence-corrected chi connectivity index (χ2v) is 5.23. The first kappa shape index (κ1) is 12.5. The minimum absolute atomic E-state index is 0.131. The summed E-state index contributed by atoms with van der Waals surface area (Å²) in [6.45, 7) is 6.29. The van der Waals surface area contributed by atoms with Gasteiger partial charge >= 0.3 is 0 Å². The number of benzene rings is 1. The maximum atomic E-state index is 6.05. The fraction of sp³-hybridized carbons (Fsp3) is 0.357. The van der Waals surface area contributed by atoms with Crippen LogP contribution in [0.3, 0.4) is 0 Å². The zero-order valence-electron chi connectivity index (χ0n) is 11.3. The zero-order valence-corrected chi connectivity index (χ0v) is 11.3. The van der Waals surface area contributed by atoms with Crippen LogP contribution in [0.25, 0.3) is 11.3 Å². The number of nitrogens with two attached hydrogens (primary N) is 1. The molecule has 0 amide bonds. The van der Waals surface area contributed by atoms with Crippen LogP contribution in [0.2, 0.25) is 0 Å². The lowest BCUT2D eigenvalue weighted by Gasteiger charge is -2.23. The minimum Gasteiger partial charge on any atom is -0.496 e. The van der Waals surface area contributed by atoms with E-state index in [4.69, 9.17) is 10.5 Å². The van der Waals surface area contributed by atoms with Gasteiger partial charge in [0.2, 0.25) is 0 Å². The van der Waals surface area contributed by atoms with E-state index < -0.39 is 0 Å². The van der Waals surface area contributed by atoms with Gasteiger partial charge in [0.05, 0.1) is 30.2 Å². The van der Waals surface area contributed by atoms with E-state index in [0.29, 0.717) is 5.69 Å². The monoisotopic (exact) mass is 245 g/mol. The third-order valence-electron chi connectivity index (χ3n) is 2.80. The van der Waals surface area contributed by atoms with Gasteiger partial charge in [-0.2, -0.15) is 5.10 Å². The van der Waals surface area contributed by atoms with E-state index in [9.17, 15) is 0 Å². The van der Waals surface area contributed by atoms with Crippen molar-refractivity contribution in [2.45, 2.75) is 26.3 Å². The molecule has 0 spiro atoms. The van der Waals surface area contributed by atoms with Gasteiger partial charge in [0, 0.05) is 5.56 Å². The Morgan fingerprint density at radius 2 is 1.89 bits per heavy atom. The lowest BCUT2D eigenvalue weighted by Crippen LogP contribution is -2.24. The second-order valence-electron chi connectivity index (χ2n) is 5.23. The summed E-state index contributed by atoms with van der Waals surface area (Å²) in [5.74, 6) is 0.801. The van der Waals surface area contributed by atoms with Gasteiger partial charge in [0.25, 0.3) is 0 Å². The molecule has 0 fully saturated rings. The molecule has 0 aliphatic rings. The highest BCUT2D eigenvalue weighted by Gasteiger charge is 2.22. The number of rotatable bonds is 2. The fourth-order valence-corrected chi connectivity index (χ4v) is 1.98. The lowest BCUT2D eigenvalue weighted by molar-refractivity contribution is 0.359. The first-order valence-corrected chi connectivity index (χ1v) is 5.92. The van der Waals surface area contributed by atoms with Crippen LogP contribution < -0.4 is 10.5 Å². The maximum absolute atomic E-state index is 6.05. The predicted octanol–water partition coefficient (Wildman–Crippen LogP) is 2.90. The van der Waals surface area contributed by atoms with Gasteiger partial charge in [0.15, 0.2) is 0 Å². The van der Waals surface area contributed by atoms with Crippen LogP contribution in [0.5, 0.6) is 5.75 Å². The van der Waals surface area contributed by atoms with E-state index >= 15 is 0 Å². The molecule has 18 heavy (non-hydrogen) atoms. The van der Waals surface area contributed by atoms with Crippen LogP contribution in [0, 0.1) is 0 Å². The number of hydrogen-bond acceptors (Lipinski definition) is 3. The van der Waals surface area contributed by atoms with Crippen molar-refractivity contribution >= 4 is 5.69 Å². The van der Waals surface area contributed by atoms with Gasteiger partial charge in [-0.05, 0) is 32.9 Å². The van der Waals surface area contributed by atoms with E-state index in [1.807, 2.05) is 28.9 Å². The molecular formula is C14H19N3O. The Labute approximate surface area is 107 Å². The van der Waals surface area contributed by atoms with E-state index in [0.717, 1.165) is 17.0 Å². The molecule has 0 unspecified atom stereocenters. The summed E-state index contributed by atoms with van der Waals surface area (Å²) in [6, 6.07) is 7.83. The normalized spacial score (nSPS) is 11.6. The Bertz CT molecular complexity index is 552. The van der Waals surface area contributed by atoms with Crippen LogP contribution in [0.4, 0.5) is 5.69 Å². The Hall–Kier alpha value is -1.97. The number of para-hydroxylation sites is 1. The number of methoxy groups -OCH3 is 1. The number of nitrogens with zero attached hydrogens (tertiary/aromatic N) is 2. The molecule has 0 aliphatic heterocycles. The van der Waals surface area contributed by atoms with Crippen molar-refractivity contribution in [3.63, 3.8) is 0 Å². The Morgan fingerprint density at radius 3 is 2.50 bits per heavy atom. The van der Waals surface area contributed by atoms with Gasteiger partial charge in [-0.25, -0.2) is 0 Å². The Balaban J connectivity index is 2.67. The SMILES string of the molecule is COc1ccccc1-c1c(N)cnn1C(C)(C)C. The molecule has 0 saturated heterocycles. The topological polar surface area (TPSA) is 53.1 Å². The number of ether oxygens (including phenoxy) is 1. The van der Waals surface area contributed by atoms with E-state index in [-0.39, 0.29) is 5.54 Å². The van der Waals surface area contributed by atoms with Crippen LogP contribution >= 0.6 is 0 Å². The Kier molecular flexibility index (Phi) is 3.03. The summed E-state index contributed by atoms with van der Waals surface area (Å²) in [6.07, 6.45) is 1.69. The Morgan fingerprint density at radius 1 is 1.22 bits per heavy atom. The first-order valence-electron chi connectivity index (χ1n) is 5.92. The summed E-state index contributed by atoms with van der Waals surface area (Å²) in [5, 5.41) is 4.37. The molecule has 1 aromatic carbocycles. The van der Waals surface area contributed by atoms with Gasteiger partial charge in [-0.15, -0.1) is 0 Å². The van der Waals surface area contributed by atoms with Crippen molar-refractivity contribution in [3.05, 3.63) is 30.5 Å². The van der Waals surface area contributed by atoms with Gasteiger partial charge in [0.1, 0.15) is 5.75 Å². The molecule has 2 aromatic rings. The standard InChI is InChI=1S/C14H19N3O/c1-14(2,3)17-13(11(15)9-16-17)10-7-5-6-8-12(10)18-4/h5-9H,15H2,1-4H3. The molecular weight excluding hydrogens is 226 g/mol. The number of nitrogen functional groups attached to an aromatic ring is 1. The highest BCUT2D eigenvalue weighted by atomic mass is 16.5. The van der Waals surface area contributed by atoms with Gasteiger partial charge < -0.3 is 10.5 Å². The molecule has 96 valence electrons. The average Bonchev–Trinajstić information content (AvgIpc) is 2.70. The van der Waals surface area contributed by atoms with E-state index in [1.54, 1.807) is 13.3 Å². The highest BCUT2D eigenvalue weighted by molar-refractivity contribution is 5.77. The summed E-state index contributed by atoms with van der Waals surface area (Å²) in [5.41, 5.74) is 8.45. The van der Waals surface area contributed by atoms with Crippen LogP contribution in [-0.4, -0.2) is 16.9 Å². The highest BCUT2D eigenvalue weighted by Crippen LogP contribution is 2.35. The summed E-state index contributed by atoms with van der Waals surface area (Å²) in [7, 11) is 1.66. The minimum atomic E-state index is -0.131. The fourth-order valence-electron chi connectivity index (χ4n) is 1.98. The predicted molar refractivity (Wildman–Crippen MR) is 73.6 cm³/mol. The molecule has 0 radical (unpaired) electrons. The van der Waals surface area contributed by atoms with Crippen molar-refractivity contribution in [2.24, 2.45) is 0 Å². The molecule has 0 atom stereocenters. The van der Waals surface area contributed by atoms with Crippen molar-refractivity contribution in [2.75, 3.05) is 12.8 Å². The van der Waals surface area contributed by atoms with Crippen molar-refractivity contribution < 1.29 is 4.74 Å². The van der Waals surface area contributed by atoms with Crippen LogP contribution in [-0.2, 0) is 5.54 Å². The number of hydrogen-bond donors (Lipinski definition) is 1. The molecule has 2 N–H and O–H groups in total. The maximum Gasteiger partial charge on any atom is 0.128 e. The third-order valence-corrected chi connectivity index (χ3v) is 2.80. The quantitative estimate of drug-likeness (QED) is 0.885. The summed E-state index contributed by atoms with van der Waals surface area (Å²) >= 11 is 0. The molecule has 0 aliphatic carbocycles. The van der Waals surface area contributed by atoms with E-state index in [2.05, 4.69) is 25.9 Å². The van der Waals surface area contributed by atoms with Crippen LogP contribution in [0.1, 0.15) is 20.8 Å². The van der Waals surface area contributed by atoms with Gasteiger partial charge in [-0.1, -0.05) is 12.1 Å². The number of anilines is 1.